The van der Waals surface area contributed by atoms with Crippen molar-refractivity contribution in [3.8, 4) is 22.5 Å². The molecule has 4 nitrogen and oxygen atoms in total. The summed E-state index contributed by atoms with van der Waals surface area (Å²) in [6, 6.07) is 18.2. The minimum absolute atomic E-state index is 0. The molecule has 279 valence electrons. The van der Waals surface area contributed by atoms with Gasteiger partial charge in [-0.05, 0) is 65.7 Å². The standard InChI is InChI=1S/C25H25N2O.C22H30NSi.Ir/c1-15-10-21-23-16(2)8-9-20(24(23)28-25(21)27-13-15)22-11-17(3)19(14-26-22)12-18-6-4-5-7-18;1-16(2)20-14-21(23-15-22(20)24(3,4)5)19-12-10-18(11-13-19)17-8-6-7-9-17;/h8,10-11,13-14,18H,4-7,12H2,1-3H3;10-12,14-17H,6-9H2,1-5H3;/q2*-1;/i1D3,2D3,3D3,12D2;16D,17D;. The number of fused-ring (bicyclic) bond motifs is 3. The summed E-state index contributed by atoms with van der Waals surface area (Å²) in [5.74, 6) is -1.40. The summed E-state index contributed by atoms with van der Waals surface area (Å²) in [5, 5.41) is 1.55. The maximum atomic E-state index is 8.77. The van der Waals surface area contributed by atoms with Gasteiger partial charge in [-0.2, -0.15) is 0 Å². The van der Waals surface area contributed by atoms with Gasteiger partial charge in [-0.3, -0.25) is 0 Å². The van der Waals surface area contributed by atoms with Crippen LogP contribution in [-0.2, 0) is 26.5 Å². The van der Waals surface area contributed by atoms with Crippen molar-refractivity contribution in [3.05, 3.63) is 107 Å². The first kappa shape index (κ1) is 25.6. The van der Waals surface area contributed by atoms with Crippen LogP contribution in [0.1, 0.15) is 128 Å². The summed E-state index contributed by atoms with van der Waals surface area (Å²) in [7, 11) is -1.57. The third kappa shape index (κ3) is 8.61. The first-order valence-electron chi connectivity index (χ1n) is 24.8. The number of furan rings is 1. The summed E-state index contributed by atoms with van der Waals surface area (Å²) in [6.45, 7) is 3.07. The van der Waals surface area contributed by atoms with Crippen LogP contribution < -0.4 is 5.19 Å². The van der Waals surface area contributed by atoms with Gasteiger partial charge in [0, 0.05) is 61.9 Å². The van der Waals surface area contributed by atoms with Gasteiger partial charge >= 0.3 is 0 Å². The Hall–Kier alpha value is -3.44. The van der Waals surface area contributed by atoms with Crippen LogP contribution >= 0.6 is 0 Å². The topological polar surface area (TPSA) is 51.8 Å². The molecule has 0 N–H and O–H groups in total. The second kappa shape index (κ2) is 16.5. The molecular formula is C47H55IrN3OSi-2. The van der Waals surface area contributed by atoms with E-state index in [4.69, 9.17) is 27.2 Å². The van der Waals surface area contributed by atoms with Crippen molar-refractivity contribution in [1.82, 2.24) is 15.0 Å². The van der Waals surface area contributed by atoms with E-state index in [1.807, 2.05) is 32.2 Å². The Labute approximate surface area is 350 Å². The number of hydrogen-bond acceptors (Lipinski definition) is 4. The van der Waals surface area contributed by atoms with Gasteiger partial charge in [0.05, 0.1) is 13.7 Å². The molecule has 0 atom stereocenters. The molecule has 6 heteroatoms. The Bertz CT molecular complexity index is 2700. The number of benzene rings is 2. The second-order valence-electron chi connectivity index (χ2n) is 15.4. The second-order valence-corrected chi connectivity index (χ2v) is 20.4. The van der Waals surface area contributed by atoms with Gasteiger partial charge in [-0.15, -0.1) is 53.1 Å². The van der Waals surface area contributed by atoms with E-state index in [1.54, 1.807) is 0 Å². The normalized spacial score (nSPS) is 20.7. The van der Waals surface area contributed by atoms with Crippen molar-refractivity contribution in [1.29, 1.82) is 0 Å². The minimum Gasteiger partial charge on any atom is -0.486 e. The molecule has 0 spiro atoms. The largest absolute Gasteiger partial charge is 0.486 e. The predicted molar refractivity (Wildman–Crippen MR) is 220 cm³/mol. The molecule has 0 amide bonds. The molecule has 2 aliphatic rings. The quantitative estimate of drug-likeness (QED) is 0.118. The monoisotopic (exact) mass is 911 g/mol. The summed E-state index contributed by atoms with van der Waals surface area (Å²) >= 11 is 0. The SMILES string of the molecule is [2H]C(C)(C)c1cc(-c2[c-]cc(C3([2H])CCCC3)cc2)ncc1[Si](C)(C)C.[2H]C([2H])([2H])c1cnc2oc3c(-c4cc(C([2H])([2H])[2H])c(C([2H])([2H])C5CCCC5)cn4)[c-]cc(C([2H])([2H])[2H])c3c2c1.[Ir]. The number of nitrogens with zero attached hydrogens (tertiary/aromatic N) is 3. The van der Waals surface area contributed by atoms with Gasteiger partial charge in [0.15, 0.2) is 0 Å². The molecule has 2 aromatic carbocycles. The fourth-order valence-electron chi connectivity index (χ4n) is 7.40. The molecular weight excluding hydrogens is 843 g/mol. The van der Waals surface area contributed by atoms with Crippen LogP contribution in [0.3, 0.4) is 0 Å². The van der Waals surface area contributed by atoms with Gasteiger partial charge < -0.3 is 14.4 Å². The average Bonchev–Trinajstić information content (AvgIpc) is 4.00. The van der Waals surface area contributed by atoms with E-state index in [0.29, 0.717) is 12.8 Å². The molecule has 1 radical (unpaired) electrons. The summed E-state index contributed by atoms with van der Waals surface area (Å²) in [4.78, 5) is 13.2. The average molecular weight is 911 g/mol. The molecule has 0 aliphatic heterocycles. The van der Waals surface area contributed by atoms with Gasteiger partial charge in [-0.25, -0.2) is 4.98 Å². The molecule has 8 rings (SSSR count). The molecule has 6 aromatic rings. The smallest absolute Gasteiger partial charge is 0.216 e. The minimum atomic E-state index is -2.65. The van der Waals surface area contributed by atoms with Gasteiger partial charge in [0.1, 0.15) is 0 Å². The van der Waals surface area contributed by atoms with Crippen LogP contribution in [-0.4, -0.2) is 23.0 Å². The van der Waals surface area contributed by atoms with Crippen LogP contribution in [0.4, 0.5) is 0 Å². The predicted octanol–water partition coefficient (Wildman–Crippen LogP) is 12.4. The van der Waals surface area contributed by atoms with E-state index >= 15 is 0 Å². The molecule has 2 aliphatic carbocycles. The van der Waals surface area contributed by atoms with Crippen molar-refractivity contribution >= 4 is 35.3 Å². The van der Waals surface area contributed by atoms with E-state index in [0.717, 1.165) is 67.1 Å². The maximum Gasteiger partial charge on any atom is 0.216 e. The third-order valence-electron chi connectivity index (χ3n) is 10.2. The van der Waals surface area contributed by atoms with E-state index in [1.165, 1.54) is 29.6 Å². The molecule has 0 saturated heterocycles. The molecule has 53 heavy (non-hydrogen) atoms. The molecule has 0 unspecified atom stereocenters. The van der Waals surface area contributed by atoms with Crippen molar-refractivity contribution in [2.24, 2.45) is 5.92 Å². The number of hydrogen-bond donors (Lipinski definition) is 0. The Balaban J connectivity index is 0.000000233. The number of aromatic nitrogens is 3. The molecule has 4 heterocycles. The van der Waals surface area contributed by atoms with Gasteiger partial charge in [0.2, 0.25) is 5.71 Å². The van der Waals surface area contributed by atoms with Crippen LogP contribution in [0.15, 0.2) is 65.5 Å². The fourth-order valence-corrected chi connectivity index (χ4v) is 8.99. The van der Waals surface area contributed by atoms with Gasteiger partial charge in [-0.1, -0.05) is 132 Å². The van der Waals surface area contributed by atoms with E-state index in [9.17, 15) is 0 Å². The summed E-state index contributed by atoms with van der Waals surface area (Å²) in [5.41, 5.74) is 3.84. The van der Waals surface area contributed by atoms with Crippen LogP contribution in [0, 0.1) is 38.6 Å². The van der Waals surface area contributed by atoms with Crippen molar-refractivity contribution in [2.75, 3.05) is 0 Å². The van der Waals surface area contributed by atoms with E-state index in [-0.39, 0.29) is 81.6 Å². The number of pyridine rings is 3. The first-order chi connectivity index (χ1) is 30.0. The van der Waals surface area contributed by atoms with Crippen molar-refractivity contribution in [3.63, 3.8) is 0 Å². The zero-order valence-corrected chi connectivity index (χ0v) is 34.5. The van der Waals surface area contributed by atoms with Crippen molar-refractivity contribution in [2.45, 2.75) is 124 Å². The van der Waals surface area contributed by atoms with Gasteiger partial charge in [0.25, 0.3) is 0 Å². The number of rotatable bonds is 7. The fraction of sp³-hybridized carbons (Fsp3) is 0.426. The van der Waals surface area contributed by atoms with Crippen LogP contribution in [0.5, 0.6) is 0 Å². The summed E-state index contributed by atoms with van der Waals surface area (Å²) < 4.78 is 112. The Morgan fingerprint density at radius 3 is 2.32 bits per heavy atom. The van der Waals surface area contributed by atoms with Crippen LogP contribution in [0.25, 0.3) is 44.6 Å². The van der Waals surface area contributed by atoms with E-state index in [2.05, 4.69) is 53.9 Å². The number of aryl methyl sites for hydroxylation is 3. The summed E-state index contributed by atoms with van der Waals surface area (Å²) in [6.07, 6.45) is 9.72. The third-order valence-corrected chi connectivity index (χ3v) is 12.2. The molecule has 2 saturated carbocycles. The Morgan fingerprint density at radius 1 is 0.887 bits per heavy atom. The molecule has 4 aromatic heterocycles. The molecule has 2 fully saturated rings. The Morgan fingerprint density at radius 2 is 1.64 bits per heavy atom. The Kier molecular flexibility index (Phi) is 7.97. The first-order valence-corrected chi connectivity index (χ1v) is 21.8. The van der Waals surface area contributed by atoms with Crippen molar-refractivity contribution < 1.29 is 42.3 Å². The van der Waals surface area contributed by atoms with E-state index < -0.39 is 46.8 Å². The van der Waals surface area contributed by atoms with Crippen LogP contribution in [0.2, 0.25) is 19.6 Å². The molecule has 0 bridgehead atoms. The zero-order valence-electron chi connectivity index (χ0n) is 44.1. The maximum absolute atomic E-state index is 8.77. The zero-order chi connectivity index (χ0) is 47.7.